The fourth-order valence-corrected chi connectivity index (χ4v) is 3.21. The fourth-order valence-electron chi connectivity index (χ4n) is 2.83. The van der Waals surface area contributed by atoms with Crippen molar-refractivity contribution in [2.75, 3.05) is 7.11 Å². The van der Waals surface area contributed by atoms with E-state index in [1.165, 1.54) is 12.5 Å². The highest BCUT2D eigenvalue weighted by Gasteiger charge is 2.39. The predicted molar refractivity (Wildman–Crippen MR) is 73.9 cm³/mol. The van der Waals surface area contributed by atoms with Crippen molar-refractivity contribution in [3.8, 4) is 0 Å². The average Bonchev–Trinajstić information content (AvgIpc) is 2.41. The van der Waals surface area contributed by atoms with Gasteiger partial charge in [-0.2, -0.15) is 0 Å². The molecule has 1 saturated carbocycles. The molecule has 0 saturated heterocycles. The van der Waals surface area contributed by atoms with Crippen LogP contribution in [0.2, 0.25) is 0 Å². The molecule has 0 spiro atoms. The van der Waals surface area contributed by atoms with Crippen LogP contribution < -0.4 is 5.73 Å². The monoisotopic (exact) mass is 315 g/mol. The summed E-state index contributed by atoms with van der Waals surface area (Å²) in [6.45, 7) is 0. The second-order valence-electron chi connectivity index (χ2n) is 4.97. The molecule has 0 radical (unpaired) electrons. The number of ether oxygens (including phenoxy) is 1. The fraction of sp³-hybridized carbons (Fsp3) is 0.571. The lowest BCUT2D eigenvalue weighted by Crippen LogP contribution is -2.45. The first-order chi connectivity index (χ1) is 8.59. The molecular weight excluding hydrogens is 297 g/mol. The summed E-state index contributed by atoms with van der Waals surface area (Å²) in [6.07, 6.45) is 5.19. The molecule has 1 fully saturated rings. The van der Waals surface area contributed by atoms with Crippen molar-refractivity contribution in [1.29, 1.82) is 0 Å². The van der Waals surface area contributed by atoms with Crippen LogP contribution >= 0.6 is 15.9 Å². The summed E-state index contributed by atoms with van der Waals surface area (Å²) in [5, 5.41) is 0. The molecule has 0 bridgehead atoms. The van der Waals surface area contributed by atoms with Gasteiger partial charge in [0, 0.05) is 17.1 Å². The Morgan fingerprint density at radius 3 is 2.61 bits per heavy atom. The third-order valence-electron chi connectivity index (χ3n) is 3.97. The molecule has 0 amide bonds. The summed E-state index contributed by atoms with van der Waals surface area (Å²) < 4.78 is 20.5. The van der Waals surface area contributed by atoms with Crippen LogP contribution in [0.25, 0.3) is 0 Å². The molecule has 4 heteroatoms. The maximum Gasteiger partial charge on any atom is 0.128 e. The predicted octanol–water partition coefficient (Wildman–Crippen LogP) is 3.94. The third-order valence-corrected chi connectivity index (χ3v) is 4.46. The molecule has 0 heterocycles. The van der Waals surface area contributed by atoms with Crippen molar-refractivity contribution in [1.82, 2.24) is 0 Å². The normalized spacial score (nSPS) is 20.7. The lowest BCUT2D eigenvalue weighted by Gasteiger charge is -2.41. The number of methoxy groups -OCH3 is 1. The van der Waals surface area contributed by atoms with Gasteiger partial charge in [0.1, 0.15) is 5.82 Å². The number of benzene rings is 1. The quantitative estimate of drug-likeness (QED) is 0.917. The first-order valence-corrected chi connectivity index (χ1v) is 7.14. The van der Waals surface area contributed by atoms with Crippen LogP contribution in [0.1, 0.15) is 43.7 Å². The highest BCUT2D eigenvalue weighted by atomic mass is 79.9. The Kier molecular flexibility index (Phi) is 4.41. The average molecular weight is 316 g/mol. The molecule has 1 atom stereocenters. The molecule has 1 aliphatic carbocycles. The first-order valence-electron chi connectivity index (χ1n) is 6.35. The minimum absolute atomic E-state index is 0.257. The van der Waals surface area contributed by atoms with Gasteiger partial charge < -0.3 is 10.5 Å². The molecule has 1 aromatic carbocycles. The zero-order valence-electron chi connectivity index (χ0n) is 10.6. The van der Waals surface area contributed by atoms with E-state index in [9.17, 15) is 4.39 Å². The van der Waals surface area contributed by atoms with Crippen LogP contribution in [0.4, 0.5) is 4.39 Å². The molecule has 100 valence electrons. The Bertz CT molecular complexity index is 418. The summed E-state index contributed by atoms with van der Waals surface area (Å²) in [5.41, 5.74) is 6.42. The molecule has 2 N–H and O–H groups in total. The van der Waals surface area contributed by atoms with E-state index < -0.39 is 11.6 Å². The zero-order valence-corrected chi connectivity index (χ0v) is 12.2. The lowest BCUT2D eigenvalue weighted by molar-refractivity contribution is -0.0602. The van der Waals surface area contributed by atoms with E-state index in [1.807, 2.05) is 0 Å². The molecule has 2 rings (SSSR count). The molecule has 1 aromatic rings. The number of rotatable bonds is 3. The Hall–Kier alpha value is -0.450. The topological polar surface area (TPSA) is 35.2 Å². The summed E-state index contributed by atoms with van der Waals surface area (Å²) in [4.78, 5) is 0. The third kappa shape index (κ3) is 2.60. The number of halogens is 2. The van der Waals surface area contributed by atoms with E-state index in [0.29, 0.717) is 5.56 Å². The Morgan fingerprint density at radius 2 is 2.00 bits per heavy atom. The molecule has 1 unspecified atom stereocenters. The van der Waals surface area contributed by atoms with Gasteiger partial charge in [-0.1, -0.05) is 35.2 Å². The summed E-state index contributed by atoms with van der Waals surface area (Å²) in [7, 11) is 1.68. The van der Waals surface area contributed by atoms with Crippen LogP contribution in [-0.2, 0) is 4.74 Å². The molecule has 2 nitrogen and oxygen atoms in total. The molecular formula is C14H19BrFNO. The van der Waals surface area contributed by atoms with Crippen molar-refractivity contribution in [3.05, 3.63) is 34.1 Å². The Balaban J connectivity index is 2.33. The maximum atomic E-state index is 13.9. The van der Waals surface area contributed by atoms with Gasteiger partial charge in [0.15, 0.2) is 0 Å². The van der Waals surface area contributed by atoms with Gasteiger partial charge in [-0.15, -0.1) is 0 Å². The Labute approximate surface area is 116 Å². The van der Waals surface area contributed by atoms with Crippen LogP contribution in [0, 0.1) is 5.82 Å². The van der Waals surface area contributed by atoms with Crippen LogP contribution in [0.5, 0.6) is 0 Å². The minimum atomic E-state index is -0.417. The molecule has 18 heavy (non-hydrogen) atoms. The van der Waals surface area contributed by atoms with Crippen molar-refractivity contribution in [2.24, 2.45) is 5.73 Å². The van der Waals surface area contributed by atoms with Crippen LogP contribution in [-0.4, -0.2) is 12.7 Å². The standard InChI is InChI=1S/C14H19BrFNO/c1-18-14(7-3-2-4-8-14)13(17)11-9-10(15)5-6-12(11)16/h5-6,9,13H,2-4,7-8,17H2,1H3. The van der Waals surface area contributed by atoms with Gasteiger partial charge in [0.05, 0.1) is 11.6 Å². The van der Waals surface area contributed by atoms with Gasteiger partial charge in [-0.25, -0.2) is 4.39 Å². The van der Waals surface area contributed by atoms with Gasteiger partial charge in [-0.05, 0) is 31.0 Å². The van der Waals surface area contributed by atoms with Gasteiger partial charge >= 0.3 is 0 Å². The van der Waals surface area contributed by atoms with E-state index >= 15 is 0 Å². The van der Waals surface area contributed by atoms with Crippen molar-refractivity contribution in [2.45, 2.75) is 43.7 Å². The molecule has 0 aliphatic heterocycles. The number of hydrogen-bond acceptors (Lipinski definition) is 2. The van der Waals surface area contributed by atoms with E-state index in [-0.39, 0.29) is 5.82 Å². The smallest absolute Gasteiger partial charge is 0.128 e. The minimum Gasteiger partial charge on any atom is -0.376 e. The van der Waals surface area contributed by atoms with Gasteiger partial charge in [0.25, 0.3) is 0 Å². The van der Waals surface area contributed by atoms with Crippen LogP contribution in [0.3, 0.4) is 0 Å². The highest BCUT2D eigenvalue weighted by molar-refractivity contribution is 9.10. The summed E-state index contributed by atoms with van der Waals surface area (Å²) in [6, 6.07) is 4.48. The number of hydrogen-bond donors (Lipinski definition) is 1. The Morgan fingerprint density at radius 1 is 1.33 bits per heavy atom. The first kappa shape index (κ1) is 14.0. The van der Waals surface area contributed by atoms with Crippen molar-refractivity contribution in [3.63, 3.8) is 0 Å². The largest absolute Gasteiger partial charge is 0.376 e. The van der Waals surface area contributed by atoms with E-state index in [2.05, 4.69) is 15.9 Å². The second kappa shape index (κ2) is 5.68. The van der Waals surface area contributed by atoms with E-state index in [4.69, 9.17) is 10.5 Å². The lowest BCUT2D eigenvalue weighted by atomic mass is 9.77. The SMILES string of the molecule is COC1(C(N)c2cc(Br)ccc2F)CCCCC1. The highest BCUT2D eigenvalue weighted by Crippen LogP contribution is 2.40. The van der Waals surface area contributed by atoms with Crippen LogP contribution in [0.15, 0.2) is 22.7 Å². The maximum absolute atomic E-state index is 13.9. The second-order valence-corrected chi connectivity index (χ2v) is 5.89. The van der Waals surface area contributed by atoms with E-state index in [1.54, 1.807) is 19.2 Å². The zero-order chi connectivity index (χ0) is 13.2. The number of nitrogens with two attached hydrogens (primary N) is 1. The van der Waals surface area contributed by atoms with E-state index in [0.717, 1.165) is 30.2 Å². The van der Waals surface area contributed by atoms with Crippen molar-refractivity contribution < 1.29 is 9.13 Å². The van der Waals surface area contributed by atoms with Crippen molar-refractivity contribution >= 4 is 15.9 Å². The summed E-state index contributed by atoms with van der Waals surface area (Å²) in [5.74, 6) is -0.257. The molecule has 1 aliphatic rings. The summed E-state index contributed by atoms with van der Waals surface area (Å²) >= 11 is 3.37. The molecule has 0 aromatic heterocycles. The van der Waals surface area contributed by atoms with Gasteiger partial charge in [-0.3, -0.25) is 0 Å². The van der Waals surface area contributed by atoms with Gasteiger partial charge in [0.2, 0.25) is 0 Å².